The third kappa shape index (κ3) is 9.48. The highest BCUT2D eigenvalue weighted by Crippen LogP contribution is 2.10. The van der Waals surface area contributed by atoms with Crippen molar-refractivity contribution in [3.05, 3.63) is 42.5 Å². The zero-order valence-corrected chi connectivity index (χ0v) is 17.9. The fourth-order valence-electron chi connectivity index (χ4n) is 2.26. The fraction of sp³-hybridized carbons (Fsp3) is 0.474. The average Bonchev–Trinajstić information content (AvgIpc) is 2.58. The minimum atomic E-state index is -0.113. The molecule has 1 aromatic carbocycles. The number of hydrogen-bond acceptors (Lipinski definition) is 2. The number of allylic oxidation sites excluding steroid dienone is 1. The highest BCUT2D eigenvalue weighted by molar-refractivity contribution is 14.0. The second kappa shape index (κ2) is 13.7. The molecule has 0 aromatic heterocycles. The lowest BCUT2D eigenvalue weighted by atomic mass is 10.1. The lowest BCUT2D eigenvalue weighted by molar-refractivity contribution is -0.114. The molecule has 0 fully saturated rings. The topological polar surface area (TPSA) is 56.7 Å². The maximum atomic E-state index is 12.1. The van der Waals surface area contributed by atoms with Crippen molar-refractivity contribution >= 4 is 41.5 Å². The molecule has 140 valence electrons. The third-order valence-corrected chi connectivity index (χ3v) is 3.59. The van der Waals surface area contributed by atoms with E-state index in [1.165, 1.54) is 5.56 Å². The van der Waals surface area contributed by atoms with Gasteiger partial charge in [-0.25, -0.2) is 4.99 Å². The number of nitrogens with one attached hydrogen (secondary N) is 2. The Kier molecular flexibility index (Phi) is 12.8. The van der Waals surface area contributed by atoms with Gasteiger partial charge in [0, 0.05) is 25.8 Å². The molecule has 0 unspecified atom stereocenters. The number of rotatable bonds is 9. The van der Waals surface area contributed by atoms with Gasteiger partial charge in [0.1, 0.15) is 6.54 Å². The van der Waals surface area contributed by atoms with E-state index in [0.29, 0.717) is 0 Å². The van der Waals surface area contributed by atoms with Gasteiger partial charge in [0.15, 0.2) is 5.96 Å². The zero-order chi connectivity index (χ0) is 17.8. The Bertz CT molecular complexity index is 560. The summed E-state index contributed by atoms with van der Waals surface area (Å²) >= 11 is 0. The molecule has 6 heteroatoms. The van der Waals surface area contributed by atoms with Crippen molar-refractivity contribution in [1.29, 1.82) is 0 Å². The van der Waals surface area contributed by atoms with Crippen LogP contribution in [0.2, 0.25) is 0 Å². The van der Waals surface area contributed by atoms with Gasteiger partial charge in [-0.2, -0.15) is 0 Å². The molecular formula is C19H31IN4O. The molecule has 1 rings (SSSR count). The highest BCUT2D eigenvalue weighted by Gasteiger charge is 2.07. The number of amides is 1. The summed E-state index contributed by atoms with van der Waals surface area (Å²) in [5.74, 6) is 0.636. The molecule has 1 aromatic rings. The number of anilines is 1. The Morgan fingerprint density at radius 1 is 1.36 bits per heavy atom. The number of nitrogens with zero attached hydrogens (tertiary/aromatic N) is 2. The van der Waals surface area contributed by atoms with Crippen LogP contribution in [0.1, 0.15) is 32.3 Å². The summed E-state index contributed by atoms with van der Waals surface area (Å²) in [4.78, 5) is 18.6. The fourth-order valence-corrected chi connectivity index (χ4v) is 2.26. The molecule has 0 radical (unpaired) electrons. The first-order valence-corrected chi connectivity index (χ1v) is 8.59. The van der Waals surface area contributed by atoms with Crippen LogP contribution in [0.25, 0.3) is 0 Å². The number of aliphatic imine (C=N–C) groups is 1. The van der Waals surface area contributed by atoms with Gasteiger partial charge in [-0.15, -0.1) is 30.6 Å². The summed E-state index contributed by atoms with van der Waals surface area (Å²) in [6.07, 6.45) is 4.84. The lowest BCUT2D eigenvalue weighted by Gasteiger charge is -2.21. The minimum absolute atomic E-state index is 0. The van der Waals surface area contributed by atoms with Crippen LogP contribution in [-0.2, 0) is 11.2 Å². The Morgan fingerprint density at radius 2 is 2.12 bits per heavy atom. The summed E-state index contributed by atoms with van der Waals surface area (Å²) in [7, 11) is 1.98. The number of halogens is 1. The molecule has 0 aliphatic rings. The summed E-state index contributed by atoms with van der Waals surface area (Å²) < 4.78 is 0. The van der Waals surface area contributed by atoms with Crippen molar-refractivity contribution < 1.29 is 4.79 Å². The molecule has 0 spiro atoms. The first-order chi connectivity index (χ1) is 11.6. The van der Waals surface area contributed by atoms with Crippen LogP contribution in [0, 0.1) is 0 Å². The Labute approximate surface area is 169 Å². The number of hydrogen-bond donors (Lipinski definition) is 2. The summed E-state index contributed by atoms with van der Waals surface area (Å²) in [6, 6.07) is 7.89. The predicted octanol–water partition coefficient (Wildman–Crippen LogP) is 3.67. The van der Waals surface area contributed by atoms with Gasteiger partial charge in [0.2, 0.25) is 5.91 Å². The number of aryl methyl sites for hydroxylation is 1. The SMILES string of the molecule is C=CCCCN(C)C(=NCC(=O)Nc1cccc(CC)c1)NCC.I. The second-order valence-corrected chi connectivity index (χ2v) is 5.62. The van der Waals surface area contributed by atoms with E-state index in [1.807, 2.05) is 43.1 Å². The monoisotopic (exact) mass is 458 g/mol. The lowest BCUT2D eigenvalue weighted by Crippen LogP contribution is -2.40. The van der Waals surface area contributed by atoms with Crippen molar-refractivity contribution in [2.45, 2.75) is 33.1 Å². The van der Waals surface area contributed by atoms with Gasteiger partial charge in [-0.05, 0) is 43.9 Å². The number of benzene rings is 1. The van der Waals surface area contributed by atoms with Gasteiger partial charge >= 0.3 is 0 Å². The highest BCUT2D eigenvalue weighted by atomic mass is 127. The molecule has 25 heavy (non-hydrogen) atoms. The molecule has 0 bridgehead atoms. The summed E-state index contributed by atoms with van der Waals surface area (Å²) in [5, 5.41) is 6.12. The molecule has 0 aliphatic heterocycles. The Hall–Kier alpha value is -1.57. The Morgan fingerprint density at radius 3 is 2.76 bits per heavy atom. The van der Waals surface area contributed by atoms with E-state index in [2.05, 4.69) is 35.2 Å². The zero-order valence-electron chi connectivity index (χ0n) is 15.5. The van der Waals surface area contributed by atoms with Crippen LogP contribution >= 0.6 is 24.0 Å². The molecule has 0 saturated heterocycles. The van der Waals surface area contributed by atoms with Crippen LogP contribution < -0.4 is 10.6 Å². The number of guanidine groups is 1. The second-order valence-electron chi connectivity index (χ2n) is 5.62. The van der Waals surface area contributed by atoms with E-state index in [1.54, 1.807) is 0 Å². The predicted molar refractivity (Wildman–Crippen MR) is 118 cm³/mol. The van der Waals surface area contributed by atoms with Crippen LogP contribution in [0.15, 0.2) is 41.9 Å². The maximum Gasteiger partial charge on any atom is 0.246 e. The van der Waals surface area contributed by atoms with Crippen molar-refractivity contribution in [1.82, 2.24) is 10.2 Å². The van der Waals surface area contributed by atoms with E-state index < -0.39 is 0 Å². The molecule has 0 saturated carbocycles. The van der Waals surface area contributed by atoms with E-state index >= 15 is 0 Å². The molecular weight excluding hydrogens is 427 g/mol. The summed E-state index contributed by atoms with van der Waals surface area (Å²) in [5.41, 5.74) is 2.02. The standard InChI is InChI=1S/C19H30N4O.HI/c1-5-8-9-13-23(4)19(20-7-3)21-15-18(24)22-17-12-10-11-16(6-2)14-17;/h5,10-12,14H,1,6-9,13,15H2,2-4H3,(H,20,21)(H,22,24);1H. The Balaban J connectivity index is 0.00000576. The molecule has 2 N–H and O–H groups in total. The maximum absolute atomic E-state index is 12.1. The smallest absolute Gasteiger partial charge is 0.246 e. The van der Waals surface area contributed by atoms with Crippen LogP contribution in [0.3, 0.4) is 0 Å². The number of unbranched alkanes of at least 4 members (excludes halogenated alkanes) is 1. The van der Waals surface area contributed by atoms with Gasteiger partial charge in [0.05, 0.1) is 0 Å². The third-order valence-electron chi connectivity index (χ3n) is 3.59. The molecule has 0 atom stereocenters. The average molecular weight is 458 g/mol. The van der Waals surface area contributed by atoms with E-state index in [9.17, 15) is 4.79 Å². The van der Waals surface area contributed by atoms with Crippen molar-refractivity contribution in [2.24, 2.45) is 4.99 Å². The van der Waals surface area contributed by atoms with Crippen LogP contribution in [0.5, 0.6) is 0 Å². The number of carbonyl (C=O) groups excluding carboxylic acids is 1. The van der Waals surface area contributed by atoms with Crippen molar-refractivity contribution in [2.75, 3.05) is 32.0 Å². The first-order valence-electron chi connectivity index (χ1n) is 8.59. The van der Waals surface area contributed by atoms with Gasteiger partial charge in [-0.3, -0.25) is 4.79 Å². The van der Waals surface area contributed by atoms with Gasteiger partial charge in [-0.1, -0.05) is 25.1 Å². The van der Waals surface area contributed by atoms with E-state index in [0.717, 1.165) is 44.0 Å². The minimum Gasteiger partial charge on any atom is -0.357 e. The summed E-state index contributed by atoms with van der Waals surface area (Å²) in [6.45, 7) is 9.59. The quantitative estimate of drug-likeness (QED) is 0.195. The van der Waals surface area contributed by atoms with Gasteiger partial charge < -0.3 is 15.5 Å². The van der Waals surface area contributed by atoms with Gasteiger partial charge in [0.25, 0.3) is 0 Å². The van der Waals surface area contributed by atoms with Crippen LogP contribution in [-0.4, -0.2) is 43.4 Å². The van der Waals surface area contributed by atoms with E-state index in [4.69, 9.17) is 0 Å². The number of carbonyl (C=O) groups is 1. The van der Waals surface area contributed by atoms with Crippen molar-refractivity contribution in [3.63, 3.8) is 0 Å². The normalized spacial score (nSPS) is 10.6. The first kappa shape index (κ1) is 23.4. The van der Waals surface area contributed by atoms with E-state index in [-0.39, 0.29) is 36.4 Å². The largest absolute Gasteiger partial charge is 0.357 e. The van der Waals surface area contributed by atoms with Crippen molar-refractivity contribution in [3.8, 4) is 0 Å². The molecule has 5 nitrogen and oxygen atoms in total. The molecule has 1 amide bonds. The van der Waals surface area contributed by atoms with Crippen LogP contribution in [0.4, 0.5) is 5.69 Å². The molecule has 0 heterocycles. The molecule has 0 aliphatic carbocycles.